The van der Waals surface area contributed by atoms with Gasteiger partial charge in [-0.1, -0.05) is 30.3 Å². The lowest BCUT2D eigenvalue weighted by Gasteiger charge is -2.16. The molecule has 2 atom stereocenters. The van der Waals surface area contributed by atoms with Gasteiger partial charge in [0.15, 0.2) is 0 Å². The number of hydrogen-bond donors (Lipinski definition) is 0. The van der Waals surface area contributed by atoms with Crippen molar-refractivity contribution in [2.45, 2.75) is 18.1 Å². The molecule has 1 heterocycles. The quantitative estimate of drug-likeness (QED) is 0.627. The molecule has 0 aromatic heterocycles. The lowest BCUT2D eigenvalue weighted by atomic mass is 9.95. The van der Waals surface area contributed by atoms with Crippen molar-refractivity contribution in [2.75, 3.05) is 19.6 Å². The number of benzene rings is 1. The van der Waals surface area contributed by atoms with E-state index in [2.05, 4.69) is 0 Å². The molecule has 0 N–H and O–H groups in total. The van der Waals surface area contributed by atoms with Gasteiger partial charge in [-0.15, -0.1) is 0 Å². The number of halogens is 3. The highest BCUT2D eigenvalue weighted by Crippen LogP contribution is 2.31. The summed E-state index contributed by atoms with van der Waals surface area (Å²) in [7, 11) is 0. The summed E-state index contributed by atoms with van der Waals surface area (Å²) in [6.45, 7) is -1.19. The molecule has 0 radical (unpaired) electrons. The summed E-state index contributed by atoms with van der Waals surface area (Å²) in [4.78, 5) is 11.6. The van der Waals surface area contributed by atoms with Crippen LogP contribution < -0.4 is 0 Å². The molecule has 19 heavy (non-hydrogen) atoms. The van der Waals surface area contributed by atoms with E-state index in [0.29, 0.717) is 5.56 Å². The number of rotatable bonds is 3. The molecule has 0 amide bonds. The third kappa shape index (κ3) is 3.44. The monoisotopic (exact) mass is 274 g/mol. The van der Waals surface area contributed by atoms with E-state index in [1.165, 1.54) is 0 Å². The zero-order valence-electron chi connectivity index (χ0n) is 10.0. The molecular formula is C12H13F3N2O2. The number of nitrogens with zero attached hydrogens (tertiary/aromatic N) is 2. The van der Waals surface area contributed by atoms with Crippen LogP contribution in [0.15, 0.2) is 30.3 Å². The lowest BCUT2D eigenvalue weighted by Crippen LogP contribution is -2.34. The number of nitro groups is 1. The molecule has 0 aliphatic carbocycles. The minimum Gasteiger partial charge on any atom is -0.287 e. The second-order valence-corrected chi connectivity index (χ2v) is 4.68. The average molecular weight is 274 g/mol. The Morgan fingerprint density at radius 3 is 2.42 bits per heavy atom. The largest absolute Gasteiger partial charge is 0.401 e. The summed E-state index contributed by atoms with van der Waals surface area (Å²) in [6.07, 6.45) is -4.33. The van der Waals surface area contributed by atoms with Crippen molar-refractivity contribution in [1.29, 1.82) is 0 Å². The van der Waals surface area contributed by atoms with Crippen LogP contribution in [0.3, 0.4) is 0 Å². The SMILES string of the molecule is O=[N+]([O-])[C@@H]1CN(CC(F)(F)F)C[C@H]1c1ccccc1. The number of likely N-dealkylation sites (tertiary alicyclic amines) is 1. The summed E-state index contributed by atoms with van der Waals surface area (Å²) in [5, 5.41) is 11.0. The molecule has 1 saturated heterocycles. The second kappa shape index (κ2) is 5.16. The van der Waals surface area contributed by atoms with Crippen LogP contribution in [0.4, 0.5) is 13.2 Å². The van der Waals surface area contributed by atoms with Gasteiger partial charge in [0.25, 0.3) is 0 Å². The van der Waals surface area contributed by atoms with Crippen LogP contribution in [-0.2, 0) is 0 Å². The van der Waals surface area contributed by atoms with Crippen LogP contribution >= 0.6 is 0 Å². The molecule has 7 heteroatoms. The molecule has 0 saturated carbocycles. The Balaban J connectivity index is 2.16. The highest BCUT2D eigenvalue weighted by atomic mass is 19.4. The van der Waals surface area contributed by atoms with Gasteiger partial charge in [-0.3, -0.25) is 15.0 Å². The van der Waals surface area contributed by atoms with Gasteiger partial charge < -0.3 is 0 Å². The van der Waals surface area contributed by atoms with Gasteiger partial charge in [-0.25, -0.2) is 0 Å². The van der Waals surface area contributed by atoms with E-state index in [4.69, 9.17) is 0 Å². The predicted molar refractivity (Wildman–Crippen MR) is 62.5 cm³/mol. The van der Waals surface area contributed by atoms with Gasteiger partial charge in [0.2, 0.25) is 6.04 Å². The molecule has 0 bridgehead atoms. The molecule has 0 unspecified atom stereocenters. The molecule has 1 aromatic rings. The van der Waals surface area contributed by atoms with Crippen molar-refractivity contribution in [2.24, 2.45) is 0 Å². The Hall–Kier alpha value is -1.63. The lowest BCUT2D eigenvalue weighted by molar-refractivity contribution is -0.521. The fourth-order valence-electron chi connectivity index (χ4n) is 2.49. The molecule has 0 spiro atoms. The van der Waals surface area contributed by atoms with Crippen LogP contribution in [-0.4, -0.2) is 41.7 Å². The summed E-state index contributed by atoms with van der Waals surface area (Å²) in [6, 6.07) is 7.70. The first-order valence-electron chi connectivity index (χ1n) is 5.84. The van der Waals surface area contributed by atoms with Crippen molar-refractivity contribution in [3.63, 3.8) is 0 Å². The molecule has 2 rings (SSSR count). The Bertz CT molecular complexity index is 450. The molecular weight excluding hydrogens is 261 g/mol. The summed E-state index contributed by atoms with van der Waals surface area (Å²) in [5.74, 6) is -0.487. The van der Waals surface area contributed by atoms with Crippen LogP contribution in [0.1, 0.15) is 11.5 Å². The van der Waals surface area contributed by atoms with Crippen molar-refractivity contribution < 1.29 is 18.1 Å². The standard InChI is InChI=1S/C12H13F3N2O2/c13-12(14,15)8-16-6-10(11(7-16)17(18)19)9-4-2-1-3-5-9/h1-5,10-11H,6-8H2/t10-,11+/m0/s1. The maximum Gasteiger partial charge on any atom is 0.401 e. The predicted octanol–water partition coefficient (Wildman–Crippen LogP) is 2.29. The van der Waals surface area contributed by atoms with E-state index in [0.717, 1.165) is 4.90 Å². The third-order valence-corrected chi connectivity index (χ3v) is 3.27. The zero-order valence-corrected chi connectivity index (χ0v) is 10.0. The average Bonchev–Trinajstić information content (AvgIpc) is 2.72. The molecule has 4 nitrogen and oxygen atoms in total. The zero-order chi connectivity index (χ0) is 14.0. The third-order valence-electron chi connectivity index (χ3n) is 3.27. The van der Waals surface area contributed by atoms with Crippen LogP contribution in [0, 0.1) is 10.1 Å². The minimum atomic E-state index is -4.33. The molecule has 1 aliphatic heterocycles. The Morgan fingerprint density at radius 1 is 1.26 bits per heavy atom. The van der Waals surface area contributed by atoms with E-state index in [9.17, 15) is 23.3 Å². The van der Waals surface area contributed by atoms with Gasteiger partial charge >= 0.3 is 6.18 Å². The maximum absolute atomic E-state index is 12.4. The van der Waals surface area contributed by atoms with E-state index >= 15 is 0 Å². The second-order valence-electron chi connectivity index (χ2n) is 4.68. The number of alkyl halides is 3. The fraction of sp³-hybridized carbons (Fsp3) is 0.500. The van der Waals surface area contributed by atoms with Crippen molar-refractivity contribution in [3.05, 3.63) is 46.0 Å². The van der Waals surface area contributed by atoms with Gasteiger partial charge in [-0.2, -0.15) is 13.2 Å². The maximum atomic E-state index is 12.4. The molecule has 1 fully saturated rings. The first kappa shape index (κ1) is 13.8. The Labute approximate surface area is 108 Å². The normalized spacial score (nSPS) is 24.6. The van der Waals surface area contributed by atoms with Crippen molar-refractivity contribution in [1.82, 2.24) is 4.90 Å². The Morgan fingerprint density at radius 2 is 1.89 bits per heavy atom. The van der Waals surface area contributed by atoms with E-state index in [1.807, 2.05) is 0 Å². The summed E-state index contributed by atoms with van der Waals surface area (Å²) >= 11 is 0. The van der Waals surface area contributed by atoms with E-state index in [-0.39, 0.29) is 13.1 Å². The summed E-state index contributed by atoms with van der Waals surface area (Å²) in [5.41, 5.74) is 0.717. The smallest absolute Gasteiger partial charge is 0.287 e. The van der Waals surface area contributed by atoms with Crippen LogP contribution in [0.25, 0.3) is 0 Å². The minimum absolute atomic E-state index is 0.0647. The fourth-order valence-corrected chi connectivity index (χ4v) is 2.49. The highest BCUT2D eigenvalue weighted by Gasteiger charge is 2.45. The highest BCUT2D eigenvalue weighted by molar-refractivity contribution is 5.22. The van der Waals surface area contributed by atoms with Gasteiger partial charge in [0, 0.05) is 11.5 Å². The van der Waals surface area contributed by atoms with Crippen LogP contribution in [0.2, 0.25) is 0 Å². The topological polar surface area (TPSA) is 46.4 Å². The first-order valence-corrected chi connectivity index (χ1v) is 5.84. The molecule has 104 valence electrons. The number of hydrogen-bond acceptors (Lipinski definition) is 3. The van der Waals surface area contributed by atoms with Crippen molar-refractivity contribution in [3.8, 4) is 0 Å². The molecule has 1 aromatic carbocycles. The van der Waals surface area contributed by atoms with Crippen LogP contribution in [0.5, 0.6) is 0 Å². The Kier molecular flexibility index (Phi) is 3.75. The van der Waals surface area contributed by atoms with Crippen molar-refractivity contribution >= 4 is 0 Å². The molecule has 1 aliphatic rings. The summed E-state index contributed by atoms with van der Waals surface area (Å²) < 4.78 is 37.1. The van der Waals surface area contributed by atoms with Gasteiger partial charge in [0.05, 0.1) is 19.0 Å². The van der Waals surface area contributed by atoms with E-state index < -0.39 is 29.6 Å². The first-order chi connectivity index (χ1) is 8.87. The van der Waals surface area contributed by atoms with Gasteiger partial charge in [0.1, 0.15) is 0 Å². The van der Waals surface area contributed by atoms with Gasteiger partial charge in [-0.05, 0) is 5.56 Å². The van der Waals surface area contributed by atoms with E-state index in [1.54, 1.807) is 30.3 Å².